The van der Waals surface area contributed by atoms with Crippen LogP contribution in [0, 0.1) is 0 Å². The Morgan fingerprint density at radius 1 is 1.17 bits per heavy atom. The fourth-order valence-corrected chi connectivity index (χ4v) is 2.50. The lowest BCUT2D eigenvalue weighted by atomic mass is 9.98. The molecule has 2 heterocycles. The number of fused-ring (bicyclic) bond motifs is 1. The summed E-state index contributed by atoms with van der Waals surface area (Å²) in [6.45, 7) is 0. The van der Waals surface area contributed by atoms with Crippen molar-refractivity contribution < 1.29 is 4.74 Å². The largest absolute Gasteiger partial charge is 0.473 e. The maximum Gasteiger partial charge on any atom is 0.245 e. The van der Waals surface area contributed by atoms with Gasteiger partial charge in [0.25, 0.3) is 0 Å². The Balaban J connectivity index is 1.94. The summed E-state index contributed by atoms with van der Waals surface area (Å²) < 4.78 is 5.95. The van der Waals surface area contributed by atoms with Crippen molar-refractivity contribution in [3.05, 3.63) is 23.6 Å². The van der Waals surface area contributed by atoms with Crippen LogP contribution in [-0.2, 0) is 0 Å². The van der Waals surface area contributed by atoms with Crippen molar-refractivity contribution in [2.45, 2.75) is 38.2 Å². The highest BCUT2D eigenvalue weighted by atomic mass is 35.5. The molecule has 3 rings (SSSR count). The van der Waals surface area contributed by atoms with Crippen molar-refractivity contribution in [1.82, 2.24) is 15.0 Å². The molecule has 4 nitrogen and oxygen atoms in total. The smallest absolute Gasteiger partial charge is 0.245 e. The van der Waals surface area contributed by atoms with Gasteiger partial charge in [0.1, 0.15) is 6.10 Å². The maximum absolute atomic E-state index is 5.95. The standard InChI is InChI=1S/C13H14ClN3O/c14-13-16-10-7-4-8-15-11(10)12(17-13)18-9-5-2-1-3-6-9/h4,7-9H,1-3,5-6H2. The molecule has 0 aliphatic heterocycles. The highest BCUT2D eigenvalue weighted by Crippen LogP contribution is 2.27. The van der Waals surface area contributed by atoms with Gasteiger partial charge in [-0.15, -0.1) is 0 Å². The molecule has 5 heteroatoms. The Bertz CT molecular complexity index is 555. The maximum atomic E-state index is 5.95. The highest BCUT2D eigenvalue weighted by Gasteiger charge is 2.18. The van der Waals surface area contributed by atoms with Crippen LogP contribution in [-0.4, -0.2) is 21.1 Å². The molecule has 0 amide bonds. The van der Waals surface area contributed by atoms with Crippen molar-refractivity contribution in [3.8, 4) is 5.88 Å². The fraction of sp³-hybridized carbons (Fsp3) is 0.462. The Hall–Kier alpha value is -1.42. The summed E-state index contributed by atoms with van der Waals surface area (Å²) in [6, 6.07) is 3.69. The molecule has 1 fully saturated rings. The van der Waals surface area contributed by atoms with Crippen LogP contribution in [0.25, 0.3) is 11.0 Å². The van der Waals surface area contributed by atoms with Gasteiger partial charge >= 0.3 is 0 Å². The number of hydrogen-bond acceptors (Lipinski definition) is 4. The summed E-state index contributed by atoms with van der Waals surface area (Å²) in [5.74, 6) is 0.512. The van der Waals surface area contributed by atoms with Gasteiger partial charge in [0.15, 0.2) is 5.52 Å². The monoisotopic (exact) mass is 263 g/mol. The molecule has 1 aliphatic rings. The molecule has 0 N–H and O–H groups in total. The first-order valence-electron chi connectivity index (χ1n) is 6.28. The third kappa shape index (κ3) is 2.38. The second-order valence-electron chi connectivity index (χ2n) is 4.55. The lowest BCUT2D eigenvalue weighted by Crippen LogP contribution is -2.20. The van der Waals surface area contributed by atoms with E-state index in [1.807, 2.05) is 12.1 Å². The van der Waals surface area contributed by atoms with Crippen LogP contribution in [0.2, 0.25) is 5.28 Å². The molecule has 1 saturated carbocycles. The summed E-state index contributed by atoms with van der Waals surface area (Å²) in [4.78, 5) is 12.6. The van der Waals surface area contributed by atoms with Gasteiger partial charge in [-0.25, -0.2) is 9.97 Å². The van der Waals surface area contributed by atoms with Gasteiger partial charge in [-0.1, -0.05) is 6.42 Å². The van der Waals surface area contributed by atoms with E-state index in [-0.39, 0.29) is 11.4 Å². The average Bonchev–Trinajstić information content (AvgIpc) is 2.40. The molecule has 0 saturated heterocycles. The van der Waals surface area contributed by atoms with Crippen molar-refractivity contribution in [2.24, 2.45) is 0 Å². The normalized spacial score (nSPS) is 16.9. The van der Waals surface area contributed by atoms with Crippen LogP contribution >= 0.6 is 11.6 Å². The number of ether oxygens (including phenoxy) is 1. The first-order chi connectivity index (χ1) is 8.83. The Morgan fingerprint density at radius 3 is 2.83 bits per heavy atom. The van der Waals surface area contributed by atoms with E-state index < -0.39 is 0 Å². The topological polar surface area (TPSA) is 47.9 Å². The zero-order chi connectivity index (χ0) is 12.4. The molecule has 2 aromatic rings. The molecule has 18 heavy (non-hydrogen) atoms. The molecule has 2 aromatic heterocycles. The minimum absolute atomic E-state index is 0.210. The number of pyridine rings is 1. The second-order valence-corrected chi connectivity index (χ2v) is 4.88. The lowest BCUT2D eigenvalue weighted by molar-refractivity contribution is 0.150. The Morgan fingerprint density at radius 2 is 2.00 bits per heavy atom. The van der Waals surface area contributed by atoms with Crippen LogP contribution in [0.3, 0.4) is 0 Å². The molecule has 0 unspecified atom stereocenters. The number of nitrogens with zero attached hydrogens (tertiary/aromatic N) is 3. The van der Waals surface area contributed by atoms with Crippen LogP contribution in [0.1, 0.15) is 32.1 Å². The summed E-state index contributed by atoms with van der Waals surface area (Å²) in [7, 11) is 0. The third-order valence-electron chi connectivity index (χ3n) is 3.23. The highest BCUT2D eigenvalue weighted by molar-refractivity contribution is 6.28. The first kappa shape index (κ1) is 11.7. The average molecular weight is 264 g/mol. The molecule has 0 radical (unpaired) electrons. The first-order valence-corrected chi connectivity index (χ1v) is 6.65. The van der Waals surface area contributed by atoms with Crippen LogP contribution in [0.5, 0.6) is 5.88 Å². The van der Waals surface area contributed by atoms with Gasteiger partial charge in [-0.3, -0.25) is 0 Å². The second kappa shape index (κ2) is 5.06. The predicted octanol–water partition coefficient (Wildman–Crippen LogP) is 3.39. The summed E-state index contributed by atoms with van der Waals surface area (Å²) in [6.07, 6.45) is 7.83. The van der Waals surface area contributed by atoms with E-state index in [9.17, 15) is 0 Å². The number of hydrogen-bond donors (Lipinski definition) is 0. The van der Waals surface area contributed by atoms with Gasteiger partial charge < -0.3 is 4.74 Å². The molecule has 1 aliphatic carbocycles. The summed E-state index contributed by atoms with van der Waals surface area (Å²) >= 11 is 5.91. The van der Waals surface area contributed by atoms with Crippen LogP contribution in [0.15, 0.2) is 18.3 Å². The summed E-state index contributed by atoms with van der Waals surface area (Å²) in [5.41, 5.74) is 1.41. The predicted molar refractivity (Wildman–Crippen MR) is 69.8 cm³/mol. The van der Waals surface area contributed by atoms with Gasteiger partial charge in [0, 0.05) is 6.20 Å². The van der Waals surface area contributed by atoms with E-state index in [0.29, 0.717) is 11.4 Å². The van der Waals surface area contributed by atoms with E-state index in [1.54, 1.807) is 6.20 Å². The van der Waals surface area contributed by atoms with Crippen molar-refractivity contribution in [3.63, 3.8) is 0 Å². The van der Waals surface area contributed by atoms with Crippen molar-refractivity contribution >= 4 is 22.6 Å². The van der Waals surface area contributed by atoms with E-state index in [2.05, 4.69) is 15.0 Å². The van der Waals surface area contributed by atoms with E-state index >= 15 is 0 Å². The van der Waals surface area contributed by atoms with Gasteiger partial charge in [0.2, 0.25) is 11.2 Å². The third-order valence-corrected chi connectivity index (χ3v) is 3.40. The number of rotatable bonds is 2. The number of aromatic nitrogens is 3. The van der Waals surface area contributed by atoms with Crippen LogP contribution in [0.4, 0.5) is 0 Å². The summed E-state index contributed by atoms with van der Waals surface area (Å²) in [5, 5.41) is 0.210. The molecule has 0 aromatic carbocycles. The molecule has 0 atom stereocenters. The van der Waals surface area contributed by atoms with Crippen molar-refractivity contribution in [2.75, 3.05) is 0 Å². The zero-order valence-corrected chi connectivity index (χ0v) is 10.7. The minimum Gasteiger partial charge on any atom is -0.473 e. The van der Waals surface area contributed by atoms with E-state index in [0.717, 1.165) is 18.4 Å². The molecular formula is C13H14ClN3O. The molecule has 0 bridgehead atoms. The van der Waals surface area contributed by atoms with E-state index in [4.69, 9.17) is 16.3 Å². The van der Waals surface area contributed by atoms with Gasteiger partial charge in [-0.05, 0) is 49.4 Å². The fourth-order valence-electron chi connectivity index (χ4n) is 2.34. The van der Waals surface area contributed by atoms with Gasteiger partial charge in [0.05, 0.1) is 5.52 Å². The number of halogens is 1. The Labute approximate surface area is 110 Å². The zero-order valence-electron chi connectivity index (χ0n) is 9.97. The van der Waals surface area contributed by atoms with Crippen molar-refractivity contribution in [1.29, 1.82) is 0 Å². The van der Waals surface area contributed by atoms with Crippen LogP contribution < -0.4 is 4.74 Å². The molecule has 0 spiro atoms. The van der Waals surface area contributed by atoms with E-state index in [1.165, 1.54) is 19.3 Å². The van der Waals surface area contributed by atoms with Gasteiger partial charge in [-0.2, -0.15) is 4.98 Å². The SMILES string of the molecule is Clc1nc(OC2CCCCC2)c2ncccc2n1. The minimum atomic E-state index is 0.210. The quantitative estimate of drug-likeness (QED) is 0.779. The Kier molecular flexibility index (Phi) is 3.28. The molecule has 94 valence electrons. The molecular weight excluding hydrogens is 250 g/mol. The lowest BCUT2D eigenvalue weighted by Gasteiger charge is -2.22.